The van der Waals surface area contributed by atoms with E-state index in [0.717, 1.165) is 12.8 Å². The Labute approximate surface area is 114 Å². The van der Waals surface area contributed by atoms with Crippen LogP contribution in [0, 0.1) is 0 Å². The van der Waals surface area contributed by atoms with Gasteiger partial charge in [-0.15, -0.1) is 0 Å². The van der Waals surface area contributed by atoms with Crippen LogP contribution in [0.25, 0.3) is 0 Å². The molecule has 1 amide bonds. The van der Waals surface area contributed by atoms with E-state index in [-0.39, 0.29) is 18.1 Å². The summed E-state index contributed by atoms with van der Waals surface area (Å²) in [5, 5.41) is 0. The Morgan fingerprint density at radius 1 is 1.11 bits per heavy atom. The lowest BCUT2D eigenvalue weighted by Gasteiger charge is -2.51. The van der Waals surface area contributed by atoms with Gasteiger partial charge in [-0.05, 0) is 18.4 Å². The topological polar surface area (TPSA) is 29.5 Å². The Hall–Kier alpha value is -1.35. The SMILES string of the molecule is CO[C@H]1C(=O)N(C2CCCCC2)[C@H]1c1ccccc1. The van der Waals surface area contributed by atoms with Crippen molar-refractivity contribution in [1.82, 2.24) is 4.90 Å². The molecule has 1 saturated heterocycles. The average molecular weight is 259 g/mol. The number of amides is 1. The quantitative estimate of drug-likeness (QED) is 0.781. The zero-order valence-corrected chi connectivity index (χ0v) is 11.4. The zero-order valence-electron chi connectivity index (χ0n) is 11.4. The third-order valence-electron chi connectivity index (χ3n) is 4.45. The van der Waals surface area contributed by atoms with Crippen LogP contribution in [0.2, 0.25) is 0 Å². The van der Waals surface area contributed by atoms with Crippen LogP contribution in [0.3, 0.4) is 0 Å². The van der Waals surface area contributed by atoms with Crippen molar-refractivity contribution in [3.8, 4) is 0 Å². The van der Waals surface area contributed by atoms with Gasteiger partial charge in [-0.3, -0.25) is 4.79 Å². The van der Waals surface area contributed by atoms with Crippen molar-refractivity contribution in [3.05, 3.63) is 35.9 Å². The lowest BCUT2D eigenvalue weighted by molar-refractivity contribution is -0.178. The van der Waals surface area contributed by atoms with Crippen molar-refractivity contribution >= 4 is 5.91 Å². The first kappa shape index (κ1) is 12.7. The van der Waals surface area contributed by atoms with Gasteiger partial charge in [0.25, 0.3) is 5.91 Å². The minimum atomic E-state index is -0.288. The van der Waals surface area contributed by atoms with Crippen molar-refractivity contribution in [2.45, 2.75) is 50.3 Å². The lowest BCUT2D eigenvalue weighted by Crippen LogP contribution is -2.63. The van der Waals surface area contributed by atoms with E-state index in [1.54, 1.807) is 7.11 Å². The van der Waals surface area contributed by atoms with E-state index in [2.05, 4.69) is 17.0 Å². The summed E-state index contributed by atoms with van der Waals surface area (Å²) in [6.07, 6.45) is 5.80. The Bertz CT molecular complexity index is 439. The van der Waals surface area contributed by atoms with Gasteiger partial charge in [0.05, 0.1) is 6.04 Å². The molecule has 1 aliphatic heterocycles. The van der Waals surface area contributed by atoms with Crippen LogP contribution in [-0.4, -0.2) is 30.1 Å². The van der Waals surface area contributed by atoms with E-state index >= 15 is 0 Å². The summed E-state index contributed by atoms with van der Waals surface area (Å²) in [7, 11) is 1.64. The number of hydrogen-bond donors (Lipinski definition) is 0. The lowest BCUT2D eigenvalue weighted by atomic mass is 9.84. The van der Waals surface area contributed by atoms with Gasteiger partial charge in [-0.2, -0.15) is 0 Å². The molecule has 0 N–H and O–H groups in total. The first-order valence-corrected chi connectivity index (χ1v) is 7.23. The van der Waals surface area contributed by atoms with Crippen LogP contribution in [0.4, 0.5) is 0 Å². The zero-order chi connectivity index (χ0) is 13.2. The van der Waals surface area contributed by atoms with E-state index in [4.69, 9.17) is 4.74 Å². The van der Waals surface area contributed by atoms with Crippen LogP contribution in [0.1, 0.15) is 43.7 Å². The molecule has 3 heteroatoms. The minimum Gasteiger partial charge on any atom is -0.369 e. The van der Waals surface area contributed by atoms with Gasteiger partial charge in [0, 0.05) is 13.2 Å². The molecule has 1 saturated carbocycles. The van der Waals surface area contributed by atoms with Crippen LogP contribution in [-0.2, 0) is 9.53 Å². The molecule has 0 aromatic heterocycles. The first-order chi connectivity index (χ1) is 9.33. The van der Waals surface area contributed by atoms with E-state index in [0.29, 0.717) is 6.04 Å². The van der Waals surface area contributed by atoms with Crippen LogP contribution < -0.4 is 0 Å². The van der Waals surface area contributed by atoms with Gasteiger partial charge < -0.3 is 9.64 Å². The Balaban J connectivity index is 1.83. The highest BCUT2D eigenvalue weighted by atomic mass is 16.5. The molecule has 0 bridgehead atoms. The molecule has 1 heterocycles. The fraction of sp³-hybridized carbons (Fsp3) is 0.562. The number of carbonyl (C=O) groups excluding carboxylic acids is 1. The number of ether oxygens (including phenoxy) is 1. The molecule has 0 unspecified atom stereocenters. The minimum absolute atomic E-state index is 0.113. The molecule has 0 radical (unpaired) electrons. The first-order valence-electron chi connectivity index (χ1n) is 7.23. The maximum atomic E-state index is 12.3. The highest BCUT2D eigenvalue weighted by Gasteiger charge is 2.51. The number of nitrogens with zero attached hydrogens (tertiary/aromatic N) is 1. The third kappa shape index (κ3) is 2.16. The van der Waals surface area contributed by atoms with Crippen LogP contribution in [0.15, 0.2) is 30.3 Å². The van der Waals surface area contributed by atoms with Gasteiger partial charge >= 0.3 is 0 Å². The molecule has 2 aliphatic rings. The number of hydrogen-bond acceptors (Lipinski definition) is 2. The van der Waals surface area contributed by atoms with Gasteiger partial charge in [-0.1, -0.05) is 49.6 Å². The highest BCUT2D eigenvalue weighted by Crippen LogP contribution is 2.41. The van der Waals surface area contributed by atoms with Crippen molar-refractivity contribution in [1.29, 1.82) is 0 Å². The van der Waals surface area contributed by atoms with Gasteiger partial charge in [0.15, 0.2) is 6.10 Å². The van der Waals surface area contributed by atoms with Crippen LogP contribution >= 0.6 is 0 Å². The molecular weight excluding hydrogens is 238 g/mol. The van der Waals surface area contributed by atoms with Crippen molar-refractivity contribution in [3.63, 3.8) is 0 Å². The number of benzene rings is 1. The third-order valence-corrected chi connectivity index (χ3v) is 4.45. The summed E-state index contributed by atoms with van der Waals surface area (Å²) in [4.78, 5) is 14.3. The van der Waals surface area contributed by atoms with Crippen molar-refractivity contribution in [2.75, 3.05) is 7.11 Å². The monoisotopic (exact) mass is 259 g/mol. The second-order valence-electron chi connectivity index (χ2n) is 5.55. The predicted octanol–water partition coefficient (Wildman–Crippen LogP) is 2.92. The molecule has 1 aromatic carbocycles. The number of rotatable bonds is 3. The summed E-state index contributed by atoms with van der Waals surface area (Å²) in [6, 6.07) is 10.8. The standard InChI is InChI=1S/C16H21NO2/c1-19-15-14(12-8-4-2-5-9-12)17(16(15)18)13-10-6-3-7-11-13/h2,4-5,8-9,13-15H,3,6-7,10-11H2,1H3/t14-,15+/m0/s1. The maximum absolute atomic E-state index is 12.3. The normalized spacial score (nSPS) is 28.3. The van der Waals surface area contributed by atoms with Gasteiger partial charge in [0.1, 0.15) is 0 Å². The Morgan fingerprint density at radius 2 is 1.79 bits per heavy atom. The van der Waals surface area contributed by atoms with Gasteiger partial charge in [-0.25, -0.2) is 0 Å². The summed E-state index contributed by atoms with van der Waals surface area (Å²) in [5.74, 6) is 0.170. The number of likely N-dealkylation sites (tertiary alicyclic amines) is 1. The number of methoxy groups -OCH3 is 1. The molecule has 102 valence electrons. The smallest absolute Gasteiger partial charge is 0.255 e. The molecule has 1 aromatic rings. The van der Waals surface area contributed by atoms with E-state index in [1.807, 2.05) is 18.2 Å². The van der Waals surface area contributed by atoms with E-state index < -0.39 is 0 Å². The fourth-order valence-electron chi connectivity index (χ4n) is 3.46. The van der Waals surface area contributed by atoms with Crippen molar-refractivity contribution in [2.24, 2.45) is 0 Å². The van der Waals surface area contributed by atoms with E-state index in [9.17, 15) is 4.79 Å². The molecule has 19 heavy (non-hydrogen) atoms. The molecular formula is C16H21NO2. The number of carbonyl (C=O) groups is 1. The molecule has 3 rings (SSSR count). The molecule has 2 atom stereocenters. The second-order valence-corrected chi connectivity index (χ2v) is 5.55. The second kappa shape index (κ2) is 5.33. The summed E-state index contributed by atoms with van der Waals surface area (Å²) >= 11 is 0. The molecule has 1 aliphatic carbocycles. The largest absolute Gasteiger partial charge is 0.369 e. The number of β-lactam (4-membered cyclic amide) rings is 1. The van der Waals surface area contributed by atoms with Crippen molar-refractivity contribution < 1.29 is 9.53 Å². The summed E-state index contributed by atoms with van der Waals surface area (Å²) < 4.78 is 5.40. The summed E-state index contributed by atoms with van der Waals surface area (Å²) in [5.41, 5.74) is 1.19. The highest BCUT2D eigenvalue weighted by molar-refractivity contribution is 5.89. The maximum Gasteiger partial charge on any atom is 0.255 e. The van der Waals surface area contributed by atoms with E-state index in [1.165, 1.54) is 24.8 Å². The molecule has 2 fully saturated rings. The van der Waals surface area contributed by atoms with Gasteiger partial charge in [0.2, 0.25) is 0 Å². The Morgan fingerprint density at radius 3 is 2.42 bits per heavy atom. The Kier molecular flexibility index (Phi) is 3.56. The summed E-state index contributed by atoms with van der Waals surface area (Å²) in [6.45, 7) is 0. The molecule has 3 nitrogen and oxygen atoms in total. The molecule has 0 spiro atoms. The predicted molar refractivity (Wildman–Crippen MR) is 73.7 cm³/mol. The fourth-order valence-corrected chi connectivity index (χ4v) is 3.46. The average Bonchev–Trinajstić information content (AvgIpc) is 2.47. The van der Waals surface area contributed by atoms with Crippen LogP contribution in [0.5, 0.6) is 0 Å².